The van der Waals surface area contributed by atoms with Crippen LogP contribution in [0.4, 0.5) is 0 Å². The van der Waals surface area contributed by atoms with E-state index in [1.54, 1.807) is 0 Å². The van der Waals surface area contributed by atoms with E-state index in [2.05, 4.69) is 61.5 Å². The third-order valence-corrected chi connectivity index (χ3v) is 4.62. The molecule has 2 rings (SSSR count). The molecule has 15 heavy (non-hydrogen) atoms. The van der Waals surface area contributed by atoms with E-state index < -0.39 is 0 Å². The predicted molar refractivity (Wildman–Crippen MR) is 66.7 cm³/mol. The predicted octanol–water partition coefficient (Wildman–Crippen LogP) is 2.52. The van der Waals surface area contributed by atoms with E-state index in [1.165, 1.54) is 20.9 Å². The topological polar surface area (TPSA) is 0 Å². The van der Waals surface area contributed by atoms with Gasteiger partial charge in [-0.15, -0.1) is 0 Å². The van der Waals surface area contributed by atoms with Gasteiger partial charge in [0, 0.05) is 0 Å². The quantitative estimate of drug-likeness (QED) is 0.745. The van der Waals surface area contributed by atoms with Crippen molar-refractivity contribution in [2.75, 3.05) is 0 Å². The van der Waals surface area contributed by atoms with Crippen molar-refractivity contribution < 1.29 is 0 Å². The van der Waals surface area contributed by atoms with E-state index in [1.807, 2.05) is 0 Å². The zero-order chi connectivity index (χ0) is 10.5. The Hall–Kier alpha value is -1.04. The molecule has 0 spiro atoms. The normalized spacial score (nSPS) is 10.2. The fraction of sp³-hybridized carbons (Fsp3) is 0.143. The van der Waals surface area contributed by atoms with Crippen LogP contribution in [0.3, 0.4) is 0 Å². The van der Waals surface area contributed by atoms with Crippen molar-refractivity contribution in [2.45, 2.75) is 12.2 Å². The summed E-state index contributed by atoms with van der Waals surface area (Å²) in [4.78, 5) is 0. The molecule has 0 saturated carbocycles. The standard InChI is InChI=1S/C14H14Se/c1-12-7-5-6-8-13(12)11-15-14-9-3-2-4-10-14/h2-10H,11H2,1H3. The first kappa shape index (κ1) is 10.5. The van der Waals surface area contributed by atoms with Crippen LogP contribution in [0.2, 0.25) is 0 Å². The first-order valence-corrected chi connectivity index (χ1v) is 7.15. The van der Waals surface area contributed by atoms with Gasteiger partial charge in [-0.3, -0.25) is 0 Å². The summed E-state index contributed by atoms with van der Waals surface area (Å²) in [6.45, 7) is 2.19. The van der Waals surface area contributed by atoms with Gasteiger partial charge < -0.3 is 0 Å². The third-order valence-electron chi connectivity index (χ3n) is 2.40. The molecule has 0 fully saturated rings. The van der Waals surface area contributed by atoms with Crippen LogP contribution in [0.1, 0.15) is 11.1 Å². The molecule has 0 atom stereocenters. The van der Waals surface area contributed by atoms with E-state index >= 15 is 0 Å². The third kappa shape index (κ3) is 2.95. The maximum atomic E-state index is 2.24. The van der Waals surface area contributed by atoms with Crippen molar-refractivity contribution in [1.29, 1.82) is 0 Å². The van der Waals surface area contributed by atoms with E-state index in [9.17, 15) is 0 Å². The molecule has 2 aromatic carbocycles. The summed E-state index contributed by atoms with van der Waals surface area (Å²) >= 11 is 0.563. The molecule has 1 heteroatoms. The van der Waals surface area contributed by atoms with Gasteiger partial charge in [0.1, 0.15) is 0 Å². The number of hydrogen-bond acceptors (Lipinski definition) is 0. The molecule has 0 radical (unpaired) electrons. The Bertz CT molecular complexity index is 420. The molecule has 0 aromatic heterocycles. The van der Waals surface area contributed by atoms with Crippen molar-refractivity contribution in [2.24, 2.45) is 0 Å². The SMILES string of the molecule is Cc1ccccc1C[Se]c1ccccc1. The Kier molecular flexibility index (Phi) is 3.60. The number of benzene rings is 2. The molecule has 2 aromatic rings. The van der Waals surface area contributed by atoms with Gasteiger partial charge >= 0.3 is 97.4 Å². The molecule has 0 amide bonds. The average Bonchev–Trinajstić information content (AvgIpc) is 2.29. The summed E-state index contributed by atoms with van der Waals surface area (Å²) in [6.07, 6.45) is 0. The van der Waals surface area contributed by atoms with E-state index in [-0.39, 0.29) is 0 Å². The Morgan fingerprint density at radius 3 is 2.27 bits per heavy atom. The van der Waals surface area contributed by atoms with Gasteiger partial charge in [0.15, 0.2) is 0 Å². The second-order valence-electron chi connectivity index (χ2n) is 3.53. The minimum absolute atomic E-state index is 0.563. The van der Waals surface area contributed by atoms with Crippen molar-refractivity contribution in [3.63, 3.8) is 0 Å². The maximum absolute atomic E-state index is 2.24. The molecule has 0 nitrogen and oxygen atoms in total. The Balaban J connectivity index is 2.03. The van der Waals surface area contributed by atoms with E-state index in [0.717, 1.165) is 0 Å². The van der Waals surface area contributed by atoms with Gasteiger partial charge in [0.05, 0.1) is 0 Å². The van der Waals surface area contributed by atoms with Gasteiger partial charge in [-0.25, -0.2) is 0 Å². The fourth-order valence-corrected chi connectivity index (χ4v) is 3.54. The zero-order valence-electron chi connectivity index (χ0n) is 8.81. The number of rotatable bonds is 3. The van der Waals surface area contributed by atoms with Gasteiger partial charge in [-0.1, -0.05) is 0 Å². The van der Waals surface area contributed by atoms with Crippen molar-refractivity contribution in [3.8, 4) is 0 Å². The molecule has 0 aliphatic rings. The van der Waals surface area contributed by atoms with Crippen LogP contribution >= 0.6 is 0 Å². The fourth-order valence-electron chi connectivity index (χ4n) is 1.45. The summed E-state index contributed by atoms with van der Waals surface area (Å²) in [5.41, 5.74) is 2.90. The second-order valence-corrected chi connectivity index (χ2v) is 5.73. The Morgan fingerprint density at radius 2 is 1.53 bits per heavy atom. The van der Waals surface area contributed by atoms with Crippen LogP contribution in [0.25, 0.3) is 0 Å². The van der Waals surface area contributed by atoms with Crippen molar-refractivity contribution in [3.05, 3.63) is 65.7 Å². The van der Waals surface area contributed by atoms with Gasteiger partial charge in [-0.2, -0.15) is 0 Å². The number of hydrogen-bond donors (Lipinski definition) is 0. The first-order chi connectivity index (χ1) is 7.36. The van der Waals surface area contributed by atoms with Gasteiger partial charge in [0.25, 0.3) is 0 Å². The summed E-state index contributed by atoms with van der Waals surface area (Å²) in [6, 6.07) is 19.4. The van der Waals surface area contributed by atoms with E-state index in [0.29, 0.717) is 15.0 Å². The van der Waals surface area contributed by atoms with Crippen LogP contribution in [0.5, 0.6) is 0 Å². The summed E-state index contributed by atoms with van der Waals surface area (Å²) in [5, 5.41) is 1.20. The van der Waals surface area contributed by atoms with Crippen LogP contribution in [-0.2, 0) is 5.32 Å². The first-order valence-electron chi connectivity index (χ1n) is 5.08. The molecule has 0 aliphatic carbocycles. The molecular formula is C14H14Se. The van der Waals surface area contributed by atoms with Crippen LogP contribution in [0, 0.1) is 6.92 Å². The van der Waals surface area contributed by atoms with Crippen LogP contribution in [-0.4, -0.2) is 15.0 Å². The second kappa shape index (κ2) is 5.16. The molecule has 0 N–H and O–H groups in total. The molecule has 0 aliphatic heterocycles. The van der Waals surface area contributed by atoms with Crippen molar-refractivity contribution >= 4 is 19.4 Å². The van der Waals surface area contributed by atoms with Crippen molar-refractivity contribution in [1.82, 2.24) is 0 Å². The minimum atomic E-state index is 0.563. The Labute approximate surface area is 97.5 Å². The zero-order valence-corrected chi connectivity index (χ0v) is 10.5. The van der Waals surface area contributed by atoms with Gasteiger partial charge in [-0.05, 0) is 0 Å². The molecule has 0 heterocycles. The summed E-state index contributed by atoms with van der Waals surface area (Å²) < 4.78 is 1.48. The average molecular weight is 261 g/mol. The number of aryl methyl sites for hydroxylation is 1. The van der Waals surface area contributed by atoms with Gasteiger partial charge in [0.2, 0.25) is 0 Å². The monoisotopic (exact) mass is 262 g/mol. The molecular weight excluding hydrogens is 247 g/mol. The molecule has 0 bridgehead atoms. The Morgan fingerprint density at radius 1 is 0.867 bits per heavy atom. The summed E-state index contributed by atoms with van der Waals surface area (Å²) in [7, 11) is 0. The van der Waals surface area contributed by atoms with Crippen LogP contribution in [0.15, 0.2) is 54.6 Å². The molecule has 76 valence electrons. The summed E-state index contributed by atoms with van der Waals surface area (Å²) in [5.74, 6) is 0. The molecule has 0 unspecified atom stereocenters. The molecule has 0 saturated heterocycles. The van der Waals surface area contributed by atoms with E-state index in [4.69, 9.17) is 0 Å². The van der Waals surface area contributed by atoms with Crippen LogP contribution < -0.4 is 4.46 Å².